The van der Waals surface area contributed by atoms with Gasteiger partial charge in [0.15, 0.2) is 5.60 Å². The van der Waals surface area contributed by atoms with Crippen LogP contribution in [0.4, 0.5) is 13.2 Å². The van der Waals surface area contributed by atoms with Crippen LogP contribution in [0, 0.1) is 6.92 Å². The van der Waals surface area contributed by atoms with Gasteiger partial charge in [-0.15, -0.1) is 0 Å². The van der Waals surface area contributed by atoms with Crippen molar-refractivity contribution in [1.82, 2.24) is 14.5 Å². The van der Waals surface area contributed by atoms with Crippen molar-refractivity contribution in [2.24, 2.45) is 0 Å². The second-order valence-electron chi connectivity index (χ2n) is 5.91. The fourth-order valence-corrected chi connectivity index (χ4v) is 2.78. The number of piperidine rings is 1. The summed E-state index contributed by atoms with van der Waals surface area (Å²) in [6.45, 7) is 1.60. The molecule has 124 valence electrons. The molecule has 3 heterocycles. The summed E-state index contributed by atoms with van der Waals surface area (Å²) in [5.74, 6) is -0.366. The van der Waals surface area contributed by atoms with E-state index in [9.17, 15) is 23.1 Å². The molecule has 1 aliphatic rings. The average molecular weight is 327 g/mol. The van der Waals surface area contributed by atoms with Gasteiger partial charge < -0.3 is 10.0 Å². The number of halogens is 3. The van der Waals surface area contributed by atoms with Gasteiger partial charge in [0, 0.05) is 32.1 Å². The number of hydrogen-bond donors (Lipinski definition) is 1. The van der Waals surface area contributed by atoms with Crippen LogP contribution in [0.15, 0.2) is 24.5 Å². The van der Waals surface area contributed by atoms with Crippen molar-refractivity contribution >= 4 is 11.4 Å². The number of likely N-dealkylation sites (tertiary alicyclic amines) is 1. The van der Waals surface area contributed by atoms with Gasteiger partial charge >= 0.3 is 6.18 Å². The van der Waals surface area contributed by atoms with E-state index in [2.05, 4.69) is 5.10 Å². The Morgan fingerprint density at radius 3 is 2.61 bits per heavy atom. The number of aryl methyl sites for hydroxylation is 1. The number of aromatic nitrogens is 2. The van der Waals surface area contributed by atoms with Crippen molar-refractivity contribution < 1.29 is 23.1 Å². The number of pyridine rings is 1. The molecule has 1 saturated heterocycles. The summed E-state index contributed by atoms with van der Waals surface area (Å²) in [7, 11) is 0. The number of nitrogens with zero attached hydrogens (tertiary/aromatic N) is 3. The van der Waals surface area contributed by atoms with Crippen LogP contribution >= 0.6 is 0 Å². The quantitative estimate of drug-likeness (QED) is 0.873. The molecule has 3 rings (SSSR count). The van der Waals surface area contributed by atoms with E-state index >= 15 is 0 Å². The van der Waals surface area contributed by atoms with Crippen LogP contribution in [0.1, 0.15) is 28.8 Å². The highest BCUT2D eigenvalue weighted by molar-refractivity contribution is 6.00. The van der Waals surface area contributed by atoms with Crippen LogP contribution in [0.2, 0.25) is 0 Å². The van der Waals surface area contributed by atoms with E-state index in [0.29, 0.717) is 11.1 Å². The number of amides is 1. The maximum absolute atomic E-state index is 12.8. The normalized spacial score (nSPS) is 18.4. The molecule has 2 aromatic heterocycles. The van der Waals surface area contributed by atoms with Gasteiger partial charge in [-0.25, -0.2) is 4.52 Å². The lowest BCUT2D eigenvalue weighted by molar-refractivity contribution is -0.271. The lowest BCUT2D eigenvalue weighted by atomic mass is 9.90. The molecule has 5 nitrogen and oxygen atoms in total. The predicted molar refractivity (Wildman–Crippen MR) is 76.1 cm³/mol. The summed E-state index contributed by atoms with van der Waals surface area (Å²) in [6.07, 6.45) is -2.56. The minimum atomic E-state index is -4.68. The molecular weight excluding hydrogens is 311 g/mol. The van der Waals surface area contributed by atoms with Crippen LogP contribution < -0.4 is 0 Å². The van der Waals surface area contributed by atoms with Crippen molar-refractivity contribution in [3.05, 3.63) is 35.7 Å². The molecule has 0 radical (unpaired) electrons. The minimum absolute atomic E-state index is 0.141. The zero-order valence-corrected chi connectivity index (χ0v) is 12.5. The zero-order valence-electron chi connectivity index (χ0n) is 12.5. The molecule has 2 aromatic rings. The van der Waals surface area contributed by atoms with Gasteiger partial charge in [-0.2, -0.15) is 18.3 Å². The van der Waals surface area contributed by atoms with Gasteiger partial charge in [0.2, 0.25) is 0 Å². The first-order valence-corrected chi connectivity index (χ1v) is 7.24. The fraction of sp³-hybridized carbons (Fsp3) is 0.467. The second-order valence-corrected chi connectivity index (χ2v) is 5.91. The number of hydrogen-bond acceptors (Lipinski definition) is 3. The fourth-order valence-electron chi connectivity index (χ4n) is 2.78. The summed E-state index contributed by atoms with van der Waals surface area (Å²) in [4.78, 5) is 13.9. The predicted octanol–water partition coefficient (Wildman–Crippen LogP) is 2.17. The second kappa shape index (κ2) is 5.23. The third-order valence-electron chi connectivity index (χ3n) is 4.31. The average Bonchev–Trinajstić information content (AvgIpc) is 2.89. The third kappa shape index (κ3) is 2.67. The number of fused-ring (bicyclic) bond motifs is 1. The van der Waals surface area contributed by atoms with Crippen LogP contribution in [0.3, 0.4) is 0 Å². The van der Waals surface area contributed by atoms with Crippen LogP contribution in [-0.4, -0.2) is 50.4 Å². The molecule has 0 aliphatic carbocycles. The molecular formula is C15H16F3N3O2. The van der Waals surface area contributed by atoms with Gasteiger partial charge in [0.1, 0.15) is 0 Å². The number of carbonyl (C=O) groups is 1. The Kier molecular flexibility index (Phi) is 3.59. The largest absolute Gasteiger partial charge is 0.417 e. The summed E-state index contributed by atoms with van der Waals surface area (Å²) >= 11 is 0. The maximum atomic E-state index is 12.8. The Morgan fingerprint density at radius 1 is 1.35 bits per heavy atom. The summed E-state index contributed by atoms with van der Waals surface area (Å²) < 4.78 is 40.0. The molecule has 0 saturated carbocycles. The highest BCUT2D eigenvalue weighted by atomic mass is 19.4. The molecule has 0 unspecified atom stereocenters. The lowest BCUT2D eigenvalue weighted by Gasteiger charge is -2.39. The molecule has 0 spiro atoms. The number of alkyl halides is 3. The zero-order chi connectivity index (χ0) is 16.8. The molecule has 1 N–H and O–H groups in total. The minimum Gasteiger partial charge on any atom is -0.380 e. The van der Waals surface area contributed by atoms with E-state index in [1.54, 1.807) is 16.8 Å². The maximum Gasteiger partial charge on any atom is 0.417 e. The number of rotatable bonds is 1. The molecule has 0 atom stereocenters. The first-order valence-electron chi connectivity index (χ1n) is 7.24. The first-order chi connectivity index (χ1) is 10.7. The summed E-state index contributed by atoms with van der Waals surface area (Å²) in [6, 6.07) is 3.65. The molecule has 23 heavy (non-hydrogen) atoms. The van der Waals surface area contributed by atoms with Crippen molar-refractivity contribution in [3.63, 3.8) is 0 Å². The molecule has 1 amide bonds. The smallest absolute Gasteiger partial charge is 0.380 e. The van der Waals surface area contributed by atoms with Gasteiger partial charge in [0.25, 0.3) is 5.91 Å². The standard InChI is InChI=1S/C15H16F3N3O2/c1-10-2-5-21-12(8-10)11(9-19-21)13(22)20-6-3-14(23,4-7-20)15(16,17)18/h2,5,8-9,23H,3-4,6-7H2,1H3. The van der Waals surface area contributed by atoms with E-state index in [0.717, 1.165) is 5.56 Å². The van der Waals surface area contributed by atoms with E-state index in [-0.39, 0.29) is 19.0 Å². The lowest BCUT2D eigenvalue weighted by Crippen LogP contribution is -2.54. The molecule has 1 aliphatic heterocycles. The van der Waals surface area contributed by atoms with Crippen LogP contribution in [-0.2, 0) is 0 Å². The highest BCUT2D eigenvalue weighted by Gasteiger charge is 2.54. The van der Waals surface area contributed by atoms with Crippen LogP contribution in [0.5, 0.6) is 0 Å². The SMILES string of the molecule is Cc1ccn2ncc(C(=O)N3CCC(O)(C(F)(F)F)CC3)c2c1. The van der Waals surface area contributed by atoms with Crippen molar-refractivity contribution in [2.75, 3.05) is 13.1 Å². The monoisotopic (exact) mass is 327 g/mol. The van der Waals surface area contributed by atoms with Crippen molar-refractivity contribution in [1.29, 1.82) is 0 Å². The Bertz CT molecular complexity index is 746. The van der Waals surface area contributed by atoms with Crippen molar-refractivity contribution in [2.45, 2.75) is 31.5 Å². The van der Waals surface area contributed by atoms with Crippen LogP contribution in [0.25, 0.3) is 5.52 Å². The summed E-state index contributed by atoms with van der Waals surface area (Å²) in [5.41, 5.74) is -0.781. The molecule has 0 bridgehead atoms. The van der Waals surface area contributed by atoms with Crippen molar-refractivity contribution in [3.8, 4) is 0 Å². The van der Waals surface area contributed by atoms with Gasteiger partial charge in [-0.1, -0.05) is 0 Å². The van der Waals surface area contributed by atoms with Gasteiger partial charge in [-0.3, -0.25) is 4.79 Å². The van der Waals surface area contributed by atoms with Gasteiger partial charge in [-0.05, 0) is 24.6 Å². The molecule has 1 fully saturated rings. The Morgan fingerprint density at radius 2 is 2.00 bits per heavy atom. The van der Waals surface area contributed by atoms with E-state index in [1.165, 1.54) is 11.1 Å². The Balaban J connectivity index is 1.81. The first kappa shape index (κ1) is 15.8. The van der Waals surface area contributed by atoms with E-state index in [1.807, 2.05) is 13.0 Å². The topological polar surface area (TPSA) is 57.8 Å². The summed E-state index contributed by atoms with van der Waals surface area (Å²) in [5, 5.41) is 13.7. The molecule has 0 aromatic carbocycles. The van der Waals surface area contributed by atoms with E-state index < -0.39 is 24.6 Å². The molecule has 8 heteroatoms. The number of aliphatic hydroxyl groups is 1. The van der Waals surface area contributed by atoms with Gasteiger partial charge in [0.05, 0.1) is 17.3 Å². The highest BCUT2D eigenvalue weighted by Crippen LogP contribution is 2.38. The third-order valence-corrected chi connectivity index (χ3v) is 4.31. The Hall–Kier alpha value is -2.09. The Labute approximate surface area is 130 Å². The van der Waals surface area contributed by atoms with E-state index in [4.69, 9.17) is 0 Å². The number of carbonyl (C=O) groups excluding carboxylic acids is 1.